The molecule has 2 fully saturated rings. The fourth-order valence-electron chi connectivity index (χ4n) is 2.35. The van der Waals surface area contributed by atoms with Gasteiger partial charge in [-0.3, -0.25) is 0 Å². The summed E-state index contributed by atoms with van der Waals surface area (Å²) in [7, 11) is -3.16. The Hall–Kier alpha value is -0.990. The Morgan fingerprint density at radius 3 is 2.84 bits per heavy atom. The molecule has 0 radical (unpaired) electrons. The van der Waals surface area contributed by atoms with Gasteiger partial charge in [0.2, 0.25) is 0 Å². The first-order valence-corrected chi connectivity index (χ1v) is 8.35. The third kappa shape index (κ3) is 3.13. The number of hydrogen-bond donors (Lipinski definition) is 2. The number of sulfone groups is 1. The Morgan fingerprint density at radius 2 is 2.21 bits per heavy atom. The Labute approximate surface area is 111 Å². The maximum atomic E-state index is 11.5. The minimum atomic E-state index is -3.16. The molecule has 0 aromatic carbocycles. The van der Waals surface area contributed by atoms with Crippen LogP contribution in [0.2, 0.25) is 0 Å². The SMILES string of the molecule is O=S1(=O)CC(O)C(n2cc(CNCC3CC3)nn2)C1. The monoisotopic (exact) mass is 286 g/mol. The predicted octanol–water partition coefficient (Wildman–Crippen LogP) is -0.892. The summed E-state index contributed by atoms with van der Waals surface area (Å²) in [6.07, 6.45) is 3.42. The van der Waals surface area contributed by atoms with E-state index in [2.05, 4.69) is 15.6 Å². The van der Waals surface area contributed by atoms with Gasteiger partial charge in [-0.2, -0.15) is 0 Å². The van der Waals surface area contributed by atoms with Gasteiger partial charge in [-0.15, -0.1) is 5.10 Å². The molecule has 0 spiro atoms. The Bertz CT molecular complexity index is 552. The van der Waals surface area contributed by atoms with Gasteiger partial charge >= 0.3 is 0 Å². The smallest absolute Gasteiger partial charge is 0.155 e. The number of nitrogens with zero attached hydrogens (tertiary/aromatic N) is 3. The number of hydrogen-bond acceptors (Lipinski definition) is 6. The number of aliphatic hydroxyl groups is 1. The fourth-order valence-corrected chi connectivity index (χ4v) is 4.12. The van der Waals surface area contributed by atoms with E-state index in [0.29, 0.717) is 6.54 Å². The van der Waals surface area contributed by atoms with Crippen LogP contribution < -0.4 is 5.32 Å². The third-order valence-corrected chi connectivity index (χ3v) is 5.33. The van der Waals surface area contributed by atoms with Gasteiger partial charge in [0.15, 0.2) is 9.84 Å². The molecule has 1 saturated carbocycles. The molecule has 7 nitrogen and oxygen atoms in total. The van der Waals surface area contributed by atoms with Crippen molar-refractivity contribution in [2.75, 3.05) is 18.1 Å². The zero-order valence-electron chi connectivity index (χ0n) is 10.6. The van der Waals surface area contributed by atoms with E-state index in [0.717, 1.165) is 18.2 Å². The summed E-state index contributed by atoms with van der Waals surface area (Å²) in [6, 6.07) is -0.505. The summed E-state index contributed by atoms with van der Waals surface area (Å²) in [6.45, 7) is 1.62. The summed E-state index contributed by atoms with van der Waals surface area (Å²) in [5, 5.41) is 21.0. The molecule has 3 rings (SSSR count). The summed E-state index contributed by atoms with van der Waals surface area (Å²) < 4.78 is 24.4. The van der Waals surface area contributed by atoms with E-state index in [4.69, 9.17) is 0 Å². The van der Waals surface area contributed by atoms with Crippen LogP contribution >= 0.6 is 0 Å². The lowest BCUT2D eigenvalue weighted by Gasteiger charge is -2.11. The third-order valence-electron chi connectivity index (χ3n) is 3.63. The molecule has 0 amide bonds. The van der Waals surface area contributed by atoms with Crippen molar-refractivity contribution >= 4 is 9.84 Å². The predicted molar refractivity (Wildman–Crippen MR) is 68.2 cm³/mol. The molecule has 2 N–H and O–H groups in total. The maximum absolute atomic E-state index is 11.5. The lowest BCUT2D eigenvalue weighted by Crippen LogP contribution is -2.22. The second-order valence-corrected chi connectivity index (χ2v) is 7.63. The topological polar surface area (TPSA) is 97.1 Å². The maximum Gasteiger partial charge on any atom is 0.155 e. The van der Waals surface area contributed by atoms with Gasteiger partial charge in [-0.05, 0) is 25.3 Å². The van der Waals surface area contributed by atoms with Crippen molar-refractivity contribution in [1.29, 1.82) is 0 Å². The highest BCUT2D eigenvalue weighted by Gasteiger charge is 2.38. The van der Waals surface area contributed by atoms with Gasteiger partial charge in [0.25, 0.3) is 0 Å². The van der Waals surface area contributed by atoms with Crippen LogP contribution in [0.3, 0.4) is 0 Å². The van der Waals surface area contributed by atoms with Gasteiger partial charge < -0.3 is 10.4 Å². The Morgan fingerprint density at radius 1 is 1.42 bits per heavy atom. The van der Waals surface area contributed by atoms with Crippen LogP contribution in [0.25, 0.3) is 0 Å². The van der Waals surface area contributed by atoms with Crippen molar-refractivity contribution in [3.05, 3.63) is 11.9 Å². The molecule has 1 aliphatic carbocycles. The van der Waals surface area contributed by atoms with Crippen LogP contribution in [0.5, 0.6) is 0 Å². The molecule has 2 heterocycles. The highest BCUT2D eigenvalue weighted by Crippen LogP contribution is 2.27. The summed E-state index contributed by atoms with van der Waals surface area (Å²) in [5.74, 6) is 0.552. The van der Waals surface area contributed by atoms with E-state index in [1.807, 2.05) is 0 Å². The van der Waals surface area contributed by atoms with Gasteiger partial charge in [-0.1, -0.05) is 5.21 Å². The number of rotatable bonds is 5. The summed E-state index contributed by atoms with van der Waals surface area (Å²) >= 11 is 0. The standard InChI is InChI=1S/C11H18N4O3S/c16-11-7-19(17,18)6-10(11)15-5-9(13-14-15)4-12-3-8-1-2-8/h5,8,10-12,16H,1-4,6-7H2. The minimum Gasteiger partial charge on any atom is -0.390 e. The highest BCUT2D eigenvalue weighted by atomic mass is 32.2. The molecule has 2 aliphatic rings. The molecule has 1 aliphatic heterocycles. The van der Waals surface area contributed by atoms with Crippen molar-refractivity contribution in [2.45, 2.75) is 31.5 Å². The lowest BCUT2D eigenvalue weighted by atomic mass is 10.2. The fraction of sp³-hybridized carbons (Fsp3) is 0.818. The summed E-state index contributed by atoms with van der Waals surface area (Å²) in [4.78, 5) is 0. The van der Waals surface area contributed by atoms with Crippen LogP contribution in [0.15, 0.2) is 6.20 Å². The lowest BCUT2D eigenvalue weighted by molar-refractivity contribution is 0.145. The van der Waals surface area contributed by atoms with E-state index in [9.17, 15) is 13.5 Å². The van der Waals surface area contributed by atoms with Crippen LogP contribution in [0.1, 0.15) is 24.6 Å². The molecule has 2 unspecified atom stereocenters. The zero-order chi connectivity index (χ0) is 13.5. The van der Waals surface area contributed by atoms with Gasteiger partial charge in [0.05, 0.1) is 35.5 Å². The second-order valence-electron chi connectivity index (χ2n) is 5.48. The van der Waals surface area contributed by atoms with Crippen LogP contribution in [0, 0.1) is 5.92 Å². The quantitative estimate of drug-likeness (QED) is 0.729. The van der Waals surface area contributed by atoms with Crippen LogP contribution in [-0.2, 0) is 16.4 Å². The summed E-state index contributed by atoms with van der Waals surface area (Å²) in [5.41, 5.74) is 0.775. The first-order valence-electron chi connectivity index (χ1n) is 6.53. The van der Waals surface area contributed by atoms with Crippen molar-refractivity contribution in [1.82, 2.24) is 20.3 Å². The highest BCUT2D eigenvalue weighted by molar-refractivity contribution is 7.91. The van der Waals surface area contributed by atoms with E-state index >= 15 is 0 Å². The normalized spacial score (nSPS) is 29.7. The molecule has 0 bridgehead atoms. The average Bonchev–Trinajstić information content (AvgIpc) is 2.94. The van der Waals surface area contributed by atoms with E-state index in [1.54, 1.807) is 6.20 Å². The van der Waals surface area contributed by atoms with E-state index in [1.165, 1.54) is 17.5 Å². The molecule has 106 valence electrons. The number of aliphatic hydroxyl groups excluding tert-OH is 1. The molecular formula is C11H18N4O3S. The molecule has 1 aromatic heterocycles. The molecular weight excluding hydrogens is 268 g/mol. The zero-order valence-corrected chi connectivity index (χ0v) is 11.4. The van der Waals surface area contributed by atoms with Gasteiger partial charge in [0, 0.05) is 6.54 Å². The van der Waals surface area contributed by atoms with Crippen molar-refractivity contribution in [3.63, 3.8) is 0 Å². The molecule has 8 heteroatoms. The Kier molecular flexibility index (Phi) is 3.32. The van der Waals surface area contributed by atoms with Crippen LogP contribution in [-0.4, -0.2) is 52.7 Å². The van der Waals surface area contributed by atoms with Crippen molar-refractivity contribution < 1.29 is 13.5 Å². The Balaban J connectivity index is 1.60. The molecule has 2 atom stereocenters. The van der Waals surface area contributed by atoms with Crippen molar-refractivity contribution in [3.8, 4) is 0 Å². The van der Waals surface area contributed by atoms with E-state index in [-0.39, 0.29) is 11.5 Å². The average molecular weight is 286 g/mol. The molecule has 1 aromatic rings. The van der Waals surface area contributed by atoms with Crippen molar-refractivity contribution in [2.24, 2.45) is 5.92 Å². The van der Waals surface area contributed by atoms with Gasteiger partial charge in [0.1, 0.15) is 0 Å². The first kappa shape index (κ1) is 13.0. The number of aromatic nitrogens is 3. The first-order chi connectivity index (χ1) is 9.03. The molecule has 19 heavy (non-hydrogen) atoms. The largest absolute Gasteiger partial charge is 0.390 e. The number of nitrogens with one attached hydrogen (secondary N) is 1. The molecule has 1 saturated heterocycles. The second kappa shape index (κ2) is 4.84. The minimum absolute atomic E-state index is 0.0630. The van der Waals surface area contributed by atoms with Gasteiger partial charge in [-0.25, -0.2) is 13.1 Å². The van der Waals surface area contributed by atoms with E-state index < -0.39 is 22.0 Å². The van der Waals surface area contributed by atoms with Crippen LogP contribution in [0.4, 0.5) is 0 Å².